The van der Waals surface area contributed by atoms with Crippen LogP contribution in [0.15, 0.2) is 42.7 Å². The van der Waals surface area contributed by atoms with Gasteiger partial charge in [0.05, 0.1) is 5.56 Å². The standard InChI is InChI=1S/C18H21N3O2/c1-13-11-19-12-15(13)18(23)21-9-5-8-20-17(22)16(21)10-14-6-3-2-4-7-14/h2-4,6-7,11-12,16,19H,5,8-10H2,1H3,(H,20,22)/t16-/m0/s1. The molecule has 1 aromatic heterocycles. The van der Waals surface area contributed by atoms with Crippen LogP contribution in [-0.2, 0) is 11.2 Å². The van der Waals surface area contributed by atoms with E-state index in [9.17, 15) is 9.59 Å². The van der Waals surface area contributed by atoms with Gasteiger partial charge in [0.25, 0.3) is 5.91 Å². The number of aryl methyl sites for hydroxylation is 1. The number of carbonyl (C=O) groups is 2. The Morgan fingerprint density at radius 3 is 2.74 bits per heavy atom. The fourth-order valence-corrected chi connectivity index (χ4v) is 2.99. The molecule has 0 radical (unpaired) electrons. The normalized spacial score (nSPS) is 18.4. The molecule has 0 saturated carbocycles. The highest BCUT2D eigenvalue weighted by Crippen LogP contribution is 2.17. The number of nitrogens with one attached hydrogen (secondary N) is 2. The molecule has 1 aliphatic rings. The predicted molar refractivity (Wildman–Crippen MR) is 88.1 cm³/mol. The summed E-state index contributed by atoms with van der Waals surface area (Å²) in [5, 5.41) is 2.92. The van der Waals surface area contributed by atoms with Crippen molar-refractivity contribution in [3.63, 3.8) is 0 Å². The number of hydrogen-bond acceptors (Lipinski definition) is 2. The van der Waals surface area contributed by atoms with E-state index in [1.165, 1.54) is 0 Å². The van der Waals surface area contributed by atoms with Crippen LogP contribution in [0.25, 0.3) is 0 Å². The molecule has 0 aliphatic carbocycles. The van der Waals surface area contributed by atoms with Crippen LogP contribution in [0, 0.1) is 6.92 Å². The zero-order valence-corrected chi connectivity index (χ0v) is 13.2. The van der Waals surface area contributed by atoms with Crippen molar-refractivity contribution < 1.29 is 9.59 Å². The molecule has 2 heterocycles. The first-order chi connectivity index (χ1) is 11.2. The second kappa shape index (κ2) is 6.69. The second-order valence-corrected chi connectivity index (χ2v) is 5.90. The van der Waals surface area contributed by atoms with Crippen LogP contribution >= 0.6 is 0 Å². The molecule has 1 aromatic carbocycles. The van der Waals surface area contributed by atoms with E-state index in [1.54, 1.807) is 17.3 Å². The Kier molecular flexibility index (Phi) is 4.46. The SMILES string of the molecule is Cc1c[nH]cc1C(=O)N1CCCNC(=O)[C@@H]1Cc1ccccc1. The van der Waals surface area contributed by atoms with Gasteiger partial charge in [-0.05, 0) is 24.5 Å². The third-order valence-corrected chi connectivity index (χ3v) is 4.27. The van der Waals surface area contributed by atoms with Gasteiger partial charge in [0, 0.05) is 31.9 Å². The number of carbonyl (C=O) groups excluding carboxylic acids is 2. The van der Waals surface area contributed by atoms with E-state index in [0.717, 1.165) is 17.5 Å². The van der Waals surface area contributed by atoms with E-state index < -0.39 is 6.04 Å². The van der Waals surface area contributed by atoms with Crippen molar-refractivity contribution in [3.05, 3.63) is 59.4 Å². The minimum atomic E-state index is -0.471. The maximum Gasteiger partial charge on any atom is 0.256 e. The summed E-state index contributed by atoms with van der Waals surface area (Å²) in [6, 6.07) is 9.36. The molecular weight excluding hydrogens is 290 g/mol. The number of nitrogens with zero attached hydrogens (tertiary/aromatic N) is 1. The van der Waals surface area contributed by atoms with Crippen molar-refractivity contribution in [2.24, 2.45) is 0 Å². The number of benzene rings is 1. The van der Waals surface area contributed by atoms with E-state index in [2.05, 4.69) is 10.3 Å². The van der Waals surface area contributed by atoms with Crippen LogP contribution in [-0.4, -0.2) is 40.8 Å². The summed E-state index contributed by atoms with van der Waals surface area (Å²) in [5.74, 6) is -0.158. The summed E-state index contributed by atoms with van der Waals surface area (Å²) in [6.45, 7) is 3.09. The second-order valence-electron chi connectivity index (χ2n) is 5.90. The van der Waals surface area contributed by atoms with Crippen molar-refractivity contribution in [1.29, 1.82) is 0 Å². The van der Waals surface area contributed by atoms with Gasteiger partial charge in [-0.15, -0.1) is 0 Å². The Morgan fingerprint density at radius 2 is 2.04 bits per heavy atom. The Hall–Kier alpha value is -2.56. The monoisotopic (exact) mass is 311 g/mol. The minimum Gasteiger partial charge on any atom is -0.367 e. The molecular formula is C18H21N3O2. The lowest BCUT2D eigenvalue weighted by atomic mass is 10.0. The van der Waals surface area contributed by atoms with Crippen molar-refractivity contribution in [1.82, 2.24) is 15.2 Å². The fraction of sp³-hybridized carbons (Fsp3) is 0.333. The maximum absolute atomic E-state index is 12.9. The van der Waals surface area contributed by atoms with Crippen LogP contribution in [0.3, 0.4) is 0 Å². The molecule has 3 rings (SSSR count). The average molecular weight is 311 g/mol. The summed E-state index contributed by atoms with van der Waals surface area (Å²) in [4.78, 5) is 30.1. The molecule has 1 saturated heterocycles. The quantitative estimate of drug-likeness (QED) is 0.909. The Labute approximate surface area is 135 Å². The third kappa shape index (κ3) is 3.28. The zero-order chi connectivity index (χ0) is 16.2. The molecule has 0 bridgehead atoms. The molecule has 5 nitrogen and oxygen atoms in total. The lowest BCUT2D eigenvalue weighted by Crippen LogP contribution is -2.48. The van der Waals surface area contributed by atoms with Crippen LogP contribution in [0.2, 0.25) is 0 Å². The molecule has 2 amide bonds. The van der Waals surface area contributed by atoms with Gasteiger partial charge in [0.15, 0.2) is 0 Å². The first kappa shape index (κ1) is 15.3. The summed E-state index contributed by atoms with van der Waals surface area (Å²) in [6.07, 6.45) is 4.81. The minimum absolute atomic E-state index is 0.0760. The number of aromatic amines is 1. The fourth-order valence-electron chi connectivity index (χ4n) is 2.99. The molecule has 1 aliphatic heterocycles. The van der Waals surface area contributed by atoms with Gasteiger partial charge in [-0.3, -0.25) is 9.59 Å². The zero-order valence-electron chi connectivity index (χ0n) is 13.2. The lowest BCUT2D eigenvalue weighted by molar-refractivity contribution is -0.124. The number of H-pyrrole nitrogens is 1. The molecule has 5 heteroatoms. The Bertz CT molecular complexity index is 693. The highest BCUT2D eigenvalue weighted by atomic mass is 16.2. The smallest absolute Gasteiger partial charge is 0.256 e. The van der Waals surface area contributed by atoms with E-state index >= 15 is 0 Å². The van der Waals surface area contributed by atoms with Crippen molar-refractivity contribution in [2.75, 3.05) is 13.1 Å². The van der Waals surface area contributed by atoms with Crippen LogP contribution in [0.4, 0.5) is 0 Å². The molecule has 0 spiro atoms. The van der Waals surface area contributed by atoms with Gasteiger partial charge in [0.1, 0.15) is 6.04 Å². The average Bonchev–Trinajstić information content (AvgIpc) is 2.91. The maximum atomic E-state index is 12.9. The summed E-state index contributed by atoms with van der Waals surface area (Å²) in [7, 11) is 0. The van der Waals surface area contributed by atoms with E-state index in [4.69, 9.17) is 0 Å². The Morgan fingerprint density at radius 1 is 1.26 bits per heavy atom. The topological polar surface area (TPSA) is 65.2 Å². The number of hydrogen-bond donors (Lipinski definition) is 2. The van der Waals surface area contributed by atoms with E-state index in [-0.39, 0.29) is 11.8 Å². The van der Waals surface area contributed by atoms with Crippen molar-refractivity contribution in [3.8, 4) is 0 Å². The molecule has 23 heavy (non-hydrogen) atoms. The van der Waals surface area contributed by atoms with Crippen molar-refractivity contribution >= 4 is 11.8 Å². The van der Waals surface area contributed by atoms with Crippen LogP contribution in [0.1, 0.15) is 27.9 Å². The van der Waals surface area contributed by atoms with Gasteiger partial charge in [-0.1, -0.05) is 30.3 Å². The molecule has 120 valence electrons. The lowest BCUT2D eigenvalue weighted by Gasteiger charge is -2.28. The number of rotatable bonds is 3. The van der Waals surface area contributed by atoms with Gasteiger partial charge >= 0.3 is 0 Å². The largest absolute Gasteiger partial charge is 0.367 e. The van der Waals surface area contributed by atoms with Gasteiger partial charge in [-0.2, -0.15) is 0 Å². The summed E-state index contributed by atoms with van der Waals surface area (Å²) < 4.78 is 0. The molecule has 1 atom stereocenters. The molecule has 2 N–H and O–H groups in total. The van der Waals surface area contributed by atoms with E-state index in [0.29, 0.717) is 25.1 Å². The summed E-state index contributed by atoms with van der Waals surface area (Å²) in [5.41, 5.74) is 2.59. The predicted octanol–water partition coefficient (Wildman–Crippen LogP) is 1.90. The van der Waals surface area contributed by atoms with Gasteiger partial charge in [0.2, 0.25) is 5.91 Å². The van der Waals surface area contributed by atoms with Crippen LogP contribution < -0.4 is 5.32 Å². The van der Waals surface area contributed by atoms with Crippen molar-refractivity contribution in [2.45, 2.75) is 25.8 Å². The summed E-state index contributed by atoms with van der Waals surface area (Å²) >= 11 is 0. The highest BCUT2D eigenvalue weighted by molar-refractivity contribution is 5.98. The van der Waals surface area contributed by atoms with Gasteiger partial charge in [-0.25, -0.2) is 0 Å². The Balaban J connectivity index is 1.89. The first-order valence-electron chi connectivity index (χ1n) is 7.93. The number of amides is 2. The van der Waals surface area contributed by atoms with Crippen LogP contribution in [0.5, 0.6) is 0 Å². The molecule has 0 unspecified atom stereocenters. The number of aromatic nitrogens is 1. The third-order valence-electron chi connectivity index (χ3n) is 4.27. The molecule has 2 aromatic rings. The molecule has 1 fully saturated rings. The van der Waals surface area contributed by atoms with Gasteiger partial charge < -0.3 is 15.2 Å². The first-order valence-corrected chi connectivity index (χ1v) is 7.93. The highest BCUT2D eigenvalue weighted by Gasteiger charge is 2.32. The van der Waals surface area contributed by atoms with E-state index in [1.807, 2.05) is 37.3 Å².